The van der Waals surface area contributed by atoms with Gasteiger partial charge in [0.1, 0.15) is 6.04 Å². The number of nitrogens with one attached hydrogen (secondary N) is 1. The molecule has 1 atom stereocenters. The Morgan fingerprint density at radius 3 is 2.33 bits per heavy atom. The lowest BCUT2D eigenvalue weighted by atomic mass is 10.1. The molecule has 2 amide bonds. The van der Waals surface area contributed by atoms with Crippen molar-refractivity contribution in [1.82, 2.24) is 10.2 Å². The van der Waals surface area contributed by atoms with Crippen molar-refractivity contribution in [1.29, 1.82) is 0 Å². The van der Waals surface area contributed by atoms with Gasteiger partial charge in [0.15, 0.2) is 0 Å². The Kier molecular flexibility index (Phi) is 11.5. The fourth-order valence-corrected chi connectivity index (χ4v) is 5.12. The summed E-state index contributed by atoms with van der Waals surface area (Å²) in [5, 5.41) is 3.85. The molecule has 0 heterocycles. The molecule has 7 nitrogen and oxygen atoms in total. The van der Waals surface area contributed by atoms with Crippen molar-refractivity contribution in [2.24, 2.45) is 5.92 Å². The standard InChI is InChI=1S/C26H35Cl2N3O4S/c1-5-24(26(33)29-17-19(2)3)30(18-20-10-6-7-13-23(20)28)25(32)14-9-15-31(36(4,34)35)22-12-8-11-21(27)16-22/h6-8,10-13,16,19,24H,5,9,14-15,17-18H2,1-4H3,(H,29,33)/t24-/m1/s1. The zero-order valence-electron chi connectivity index (χ0n) is 21.2. The number of carbonyl (C=O) groups excluding carboxylic acids is 2. The highest BCUT2D eigenvalue weighted by atomic mass is 35.5. The van der Waals surface area contributed by atoms with Gasteiger partial charge >= 0.3 is 0 Å². The van der Waals surface area contributed by atoms with E-state index in [2.05, 4.69) is 5.32 Å². The lowest BCUT2D eigenvalue weighted by Gasteiger charge is -2.31. The van der Waals surface area contributed by atoms with Gasteiger partial charge in [-0.25, -0.2) is 8.42 Å². The van der Waals surface area contributed by atoms with Gasteiger partial charge in [-0.3, -0.25) is 13.9 Å². The van der Waals surface area contributed by atoms with Crippen molar-refractivity contribution >= 4 is 50.7 Å². The summed E-state index contributed by atoms with van der Waals surface area (Å²) in [7, 11) is -3.59. The summed E-state index contributed by atoms with van der Waals surface area (Å²) in [4.78, 5) is 28.0. The maximum atomic E-state index is 13.4. The first-order valence-electron chi connectivity index (χ1n) is 12.0. The second-order valence-corrected chi connectivity index (χ2v) is 11.8. The smallest absolute Gasteiger partial charge is 0.242 e. The maximum absolute atomic E-state index is 13.4. The average molecular weight is 557 g/mol. The van der Waals surface area contributed by atoms with Gasteiger partial charge in [0.05, 0.1) is 11.9 Å². The zero-order chi connectivity index (χ0) is 26.9. The first-order valence-corrected chi connectivity index (χ1v) is 14.6. The van der Waals surface area contributed by atoms with Gasteiger partial charge in [0.2, 0.25) is 21.8 Å². The van der Waals surface area contributed by atoms with Crippen LogP contribution in [0.3, 0.4) is 0 Å². The highest BCUT2D eigenvalue weighted by Gasteiger charge is 2.29. The van der Waals surface area contributed by atoms with E-state index in [0.717, 1.165) is 11.8 Å². The van der Waals surface area contributed by atoms with E-state index in [1.807, 2.05) is 32.9 Å². The predicted molar refractivity (Wildman–Crippen MR) is 147 cm³/mol. The molecule has 2 aromatic rings. The minimum Gasteiger partial charge on any atom is -0.354 e. The SMILES string of the molecule is CC[C@H](C(=O)NCC(C)C)N(Cc1ccccc1Cl)C(=O)CCCN(c1cccc(Cl)c1)S(C)(=O)=O. The summed E-state index contributed by atoms with van der Waals surface area (Å²) in [6.07, 6.45) is 1.87. The second-order valence-electron chi connectivity index (χ2n) is 9.09. The number of rotatable bonds is 13. The van der Waals surface area contributed by atoms with E-state index in [1.165, 1.54) is 4.31 Å². The van der Waals surface area contributed by atoms with E-state index in [4.69, 9.17) is 23.2 Å². The largest absolute Gasteiger partial charge is 0.354 e. The van der Waals surface area contributed by atoms with Crippen molar-refractivity contribution in [2.75, 3.05) is 23.7 Å². The van der Waals surface area contributed by atoms with Gasteiger partial charge in [0.25, 0.3) is 0 Å². The predicted octanol–water partition coefficient (Wildman–Crippen LogP) is 5.12. The lowest BCUT2D eigenvalue weighted by molar-refractivity contribution is -0.141. The minimum absolute atomic E-state index is 0.0605. The molecule has 0 saturated heterocycles. The Bertz CT molecular complexity index is 1140. The number of sulfonamides is 1. The van der Waals surface area contributed by atoms with Gasteiger partial charge in [0, 0.05) is 36.1 Å². The molecule has 0 radical (unpaired) electrons. The molecule has 0 fully saturated rings. The van der Waals surface area contributed by atoms with Crippen molar-refractivity contribution in [2.45, 2.75) is 52.6 Å². The van der Waals surface area contributed by atoms with Crippen LogP contribution in [0.25, 0.3) is 0 Å². The summed E-state index contributed by atoms with van der Waals surface area (Å²) in [6.45, 7) is 6.64. The Labute approximate surface area is 224 Å². The Morgan fingerprint density at radius 1 is 1.06 bits per heavy atom. The van der Waals surface area contributed by atoms with Crippen LogP contribution >= 0.6 is 23.2 Å². The van der Waals surface area contributed by atoms with Crippen molar-refractivity contribution < 1.29 is 18.0 Å². The van der Waals surface area contributed by atoms with Gasteiger partial charge < -0.3 is 10.2 Å². The molecular formula is C26H35Cl2N3O4S. The molecule has 0 spiro atoms. The molecule has 0 saturated carbocycles. The van der Waals surface area contributed by atoms with Crippen LogP contribution < -0.4 is 9.62 Å². The van der Waals surface area contributed by atoms with Crippen molar-refractivity contribution in [3.8, 4) is 0 Å². The van der Waals surface area contributed by atoms with Crippen molar-refractivity contribution in [3.05, 3.63) is 64.1 Å². The number of anilines is 1. The van der Waals surface area contributed by atoms with E-state index >= 15 is 0 Å². The second kappa shape index (κ2) is 13.9. The highest BCUT2D eigenvalue weighted by Crippen LogP contribution is 2.24. The molecule has 2 rings (SSSR count). The maximum Gasteiger partial charge on any atom is 0.242 e. The molecule has 10 heteroatoms. The van der Waals surface area contributed by atoms with E-state index < -0.39 is 16.1 Å². The summed E-state index contributed by atoms with van der Waals surface area (Å²) in [6, 6.07) is 13.1. The molecule has 0 bridgehead atoms. The molecule has 0 aromatic heterocycles. The zero-order valence-corrected chi connectivity index (χ0v) is 23.5. The molecule has 1 N–H and O–H groups in total. The van der Waals surface area contributed by atoms with Crippen LogP contribution in [-0.4, -0.2) is 50.5 Å². The Hall–Kier alpha value is -2.29. The van der Waals surface area contributed by atoms with Crippen LogP contribution in [-0.2, 0) is 26.2 Å². The monoisotopic (exact) mass is 555 g/mol. The van der Waals surface area contributed by atoms with Crippen LogP contribution in [0.1, 0.15) is 45.6 Å². The number of benzene rings is 2. The van der Waals surface area contributed by atoms with Gasteiger partial charge in [-0.2, -0.15) is 0 Å². The summed E-state index contributed by atoms with van der Waals surface area (Å²) < 4.78 is 26.1. The fourth-order valence-electron chi connectivity index (χ4n) is 3.79. The van der Waals surface area contributed by atoms with E-state index in [-0.39, 0.29) is 43.7 Å². The number of hydrogen-bond donors (Lipinski definition) is 1. The van der Waals surface area contributed by atoms with Crippen molar-refractivity contribution in [3.63, 3.8) is 0 Å². The molecular weight excluding hydrogens is 521 g/mol. The molecule has 36 heavy (non-hydrogen) atoms. The average Bonchev–Trinajstić information content (AvgIpc) is 2.80. The summed E-state index contributed by atoms with van der Waals surface area (Å²) in [5.74, 6) is -0.197. The summed E-state index contributed by atoms with van der Waals surface area (Å²) >= 11 is 12.4. The van der Waals surface area contributed by atoms with Crippen LogP contribution in [0.2, 0.25) is 10.0 Å². The topological polar surface area (TPSA) is 86.8 Å². The van der Waals surface area contributed by atoms with E-state index in [0.29, 0.717) is 28.7 Å². The fraction of sp³-hybridized carbons (Fsp3) is 0.462. The number of amides is 2. The number of nitrogens with zero attached hydrogens (tertiary/aromatic N) is 2. The lowest BCUT2D eigenvalue weighted by Crippen LogP contribution is -2.49. The van der Waals surface area contributed by atoms with Gasteiger partial charge in [-0.05, 0) is 48.6 Å². The minimum atomic E-state index is -3.59. The first-order chi connectivity index (χ1) is 16.9. The quantitative estimate of drug-likeness (QED) is 0.371. The van der Waals surface area contributed by atoms with E-state index in [9.17, 15) is 18.0 Å². The molecule has 0 unspecified atom stereocenters. The normalized spacial score (nSPS) is 12.3. The first kappa shape index (κ1) is 29.9. The van der Waals surface area contributed by atoms with Crippen LogP contribution in [0, 0.1) is 5.92 Å². The highest BCUT2D eigenvalue weighted by molar-refractivity contribution is 7.92. The molecule has 0 aliphatic carbocycles. The third-order valence-electron chi connectivity index (χ3n) is 5.62. The molecule has 0 aliphatic heterocycles. The van der Waals surface area contributed by atoms with Gasteiger partial charge in [-0.15, -0.1) is 0 Å². The summed E-state index contributed by atoms with van der Waals surface area (Å²) in [5.41, 5.74) is 1.17. The molecule has 2 aromatic carbocycles. The number of hydrogen-bond acceptors (Lipinski definition) is 4. The number of carbonyl (C=O) groups is 2. The Balaban J connectivity index is 2.22. The van der Waals surface area contributed by atoms with Crippen LogP contribution in [0.4, 0.5) is 5.69 Å². The third-order valence-corrected chi connectivity index (χ3v) is 7.42. The van der Waals surface area contributed by atoms with Crippen LogP contribution in [0.15, 0.2) is 48.5 Å². The molecule has 0 aliphatic rings. The third kappa shape index (κ3) is 8.98. The Morgan fingerprint density at radius 2 is 1.75 bits per heavy atom. The van der Waals surface area contributed by atoms with Gasteiger partial charge in [-0.1, -0.05) is 68.2 Å². The van der Waals surface area contributed by atoms with Crippen LogP contribution in [0.5, 0.6) is 0 Å². The molecule has 198 valence electrons. The number of halogens is 2. The van der Waals surface area contributed by atoms with E-state index in [1.54, 1.807) is 41.3 Å².